The number of hydrazine groups is 1. The predicted octanol–water partition coefficient (Wildman–Crippen LogP) is -0.0228. The Balaban J connectivity index is 2.61. The first kappa shape index (κ1) is 13.9. The molecule has 0 radical (unpaired) electrons. The number of nitrogens with two attached hydrogens (primary N) is 1. The highest BCUT2D eigenvalue weighted by Crippen LogP contribution is 2.18. The van der Waals surface area contributed by atoms with Gasteiger partial charge in [-0.25, -0.2) is 4.39 Å². The zero-order valence-corrected chi connectivity index (χ0v) is 9.92. The number of nitrogens with one attached hydrogen (secondary N) is 3. The number of benzene rings is 1. The lowest BCUT2D eigenvalue weighted by Crippen LogP contribution is -2.34. The van der Waals surface area contributed by atoms with E-state index >= 15 is 0 Å². The summed E-state index contributed by atoms with van der Waals surface area (Å²) in [6.45, 7) is 1.94. The highest BCUT2D eigenvalue weighted by molar-refractivity contribution is 5.99. The topological polar surface area (TPSA) is 96.2 Å². The van der Waals surface area contributed by atoms with Crippen LogP contribution in [0.15, 0.2) is 18.2 Å². The van der Waals surface area contributed by atoms with Crippen molar-refractivity contribution in [3.63, 3.8) is 0 Å². The van der Waals surface area contributed by atoms with Crippen molar-refractivity contribution in [2.45, 2.75) is 6.92 Å². The molecule has 2 amide bonds. The first-order valence-electron chi connectivity index (χ1n) is 5.34. The minimum Gasteiger partial charge on any atom is -0.355 e. The molecule has 0 spiro atoms. The molecule has 0 saturated heterocycles. The molecule has 7 heteroatoms. The van der Waals surface area contributed by atoms with Crippen LogP contribution in [0.1, 0.15) is 17.3 Å². The number of hydrogen-bond acceptors (Lipinski definition) is 4. The van der Waals surface area contributed by atoms with Gasteiger partial charge in [0.05, 0.1) is 11.3 Å². The van der Waals surface area contributed by atoms with Crippen molar-refractivity contribution in [3.8, 4) is 0 Å². The van der Waals surface area contributed by atoms with Gasteiger partial charge in [0, 0.05) is 20.0 Å². The molecule has 0 fully saturated rings. The van der Waals surface area contributed by atoms with Crippen LogP contribution in [-0.4, -0.2) is 24.9 Å². The molecule has 98 valence electrons. The van der Waals surface area contributed by atoms with Crippen LogP contribution in [0, 0.1) is 5.82 Å². The van der Waals surface area contributed by atoms with Crippen LogP contribution in [0.5, 0.6) is 0 Å². The predicted molar refractivity (Wildman–Crippen MR) is 65.2 cm³/mol. The van der Waals surface area contributed by atoms with Crippen molar-refractivity contribution in [3.05, 3.63) is 29.6 Å². The molecule has 6 nitrogen and oxygen atoms in total. The van der Waals surface area contributed by atoms with E-state index in [0.717, 1.165) is 0 Å². The molecular formula is C11H15FN4O2. The van der Waals surface area contributed by atoms with E-state index in [2.05, 4.69) is 16.1 Å². The molecule has 0 saturated carbocycles. The number of carbonyl (C=O) groups is 2. The second-order valence-corrected chi connectivity index (χ2v) is 3.55. The van der Waals surface area contributed by atoms with Crippen LogP contribution < -0.4 is 21.9 Å². The summed E-state index contributed by atoms with van der Waals surface area (Å²) in [5.41, 5.74) is 2.20. The first-order chi connectivity index (χ1) is 8.56. The minimum atomic E-state index is -0.605. The number of amides is 2. The number of halogens is 1. The quantitative estimate of drug-likeness (QED) is 0.337. The van der Waals surface area contributed by atoms with Gasteiger partial charge in [-0.15, -0.1) is 0 Å². The Morgan fingerprint density at radius 3 is 2.56 bits per heavy atom. The number of rotatable bonds is 5. The van der Waals surface area contributed by atoms with Crippen LogP contribution in [0.3, 0.4) is 0 Å². The van der Waals surface area contributed by atoms with Gasteiger partial charge in [0.15, 0.2) is 0 Å². The van der Waals surface area contributed by atoms with Crippen molar-refractivity contribution in [2.75, 3.05) is 18.5 Å². The third-order valence-corrected chi connectivity index (χ3v) is 2.19. The zero-order valence-electron chi connectivity index (χ0n) is 9.92. The van der Waals surface area contributed by atoms with Crippen molar-refractivity contribution in [1.29, 1.82) is 0 Å². The van der Waals surface area contributed by atoms with E-state index in [1.807, 2.05) is 0 Å². The lowest BCUT2D eigenvalue weighted by Gasteiger charge is -2.10. The van der Waals surface area contributed by atoms with E-state index in [-0.39, 0.29) is 23.7 Å². The Morgan fingerprint density at radius 2 is 1.94 bits per heavy atom. The number of anilines is 1. The van der Waals surface area contributed by atoms with E-state index in [0.29, 0.717) is 6.54 Å². The molecule has 0 aliphatic heterocycles. The number of carbonyl (C=O) groups excluding carboxylic acids is 2. The van der Waals surface area contributed by atoms with Crippen LogP contribution in [0.4, 0.5) is 10.1 Å². The van der Waals surface area contributed by atoms with E-state index in [9.17, 15) is 14.0 Å². The van der Waals surface area contributed by atoms with Gasteiger partial charge in [-0.2, -0.15) is 0 Å². The van der Waals surface area contributed by atoms with Crippen LogP contribution in [0.25, 0.3) is 0 Å². The minimum absolute atomic E-state index is 0.0606. The van der Waals surface area contributed by atoms with Gasteiger partial charge in [-0.1, -0.05) is 6.07 Å². The average Bonchev–Trinajstić information content (AvgIpc) is 2.33. The van der Waals surface area contributed by atoms with Crippen molar-refractivity contribution in [1.82, 2.24) is 10.6 Å². The molecule has 0 atom stereocenters. The summed E-state index contributed by atoms with van der Waals surface area (Å²) in [4.78, 5) is 22.3. The Morgan fingerprint density at radius 1 is 1.28 bits per heavy atom. The van der Waals surface area contributed by atoms with Crippen molar-refractivity contribution >= 4 is 17.5 Å². The molecule has 1 aromatic rings. The average molecular weight is 254 g/mol. The summed E-state index contributed by atoms with van der Waals surface area (Å²) < 4.78 is 13.3. The number of hydrogen-bond donors (Lipinski definition) is 4. The molecule has 18 heavy (non-hydrogen) atoms. The summed E-state index contributed by atoms with van der Waals surface area (Å²) in [5, 5.41) is 5.06. The van der Waals surface area contributed by atoms with Crippen molar-refractivity contribution < 1.29 is 14.0 Å². The number of nitrogen functional groups attached to an aromatic ring is 1. The number of para-hydroxylation sites is 1. The smallest absolute Gasteiger partial charge is 0.253 e. The highest BCUT2D eigenvalue weighted by Gasteiger charge is 2.13. The lowest BCUT2D eigenvalue weighted by atomic mass is 10.1. The van der Waals surface area contributed by atoms with Gasteiger partial charge in [0.25, 0.3) is 5.91 Å². The maximum absolute atomic E-state index is 13.3. The van der Waals surface area contributed by atoms with Gasteiger partial charge in [0.2, 0.25) is 5.91 Å². The van der Waals surface area contributed by atoms with Gasteiger partial charge in [-0.05, 0) is 12.1 Å². The third kappa shape index (κ3) is 3.70. The maximum atomic E-state index is 13.3. The van der Waals surface area contributed by atoms with E-state index in [4.69, 9.17) is 5.84 Å². The molecule has 0 heterocycles. The fourth-order valence-corrected chi connectivity index (χ4v) is 1.37. The standard InChI is InChI=1S/C11H15FN4O2/c1-7(17)14-5-6-15-11(18)8-3-2-4-9(12)10(8)16-13/h2-4,16H,5-6,13H2,1H3,(H,14,17)(H,15,18). The Bertz CT molecular complexity index is 451. The Labute approximate surface area is 104 Å². The fraction of sp³-hybridized carbons (Fsp3) is 0.273. The van der Waals surface area contributed by atoms with Gasteiger partial charge < -0.3 is 16.1 Å². The van der Waals surface area contributed by atoms with Crippen LogP contribution >= 0.6 is 0 Å². The summed E-state index contributed by atoms with van der Waals surface area (Å²) in [5.74, 6) is 3.91. The Kier molecular flexibility index (Phi) is 5.06. The highest BCUT2D eigenvalue weighted by atomic mass is 19.1. The monoisotopic (exact) mass is 254 g/mol. The van der Waals surface area contributed by atoms with Gasteiger partial charge in [0.1, 0.15) is 5.82 Å². The molecule has 5 N–H and O–H groups in total. The molecule has 0 unspecified atom stereocenters. The van der Waals surface area contributed by atoms with Gasteiger partial charge >= 0.3 is 0 Å². The molecule has 0 bridgehead atoms. The molecule has 0 aromatic heterocycles. The summed E-state index contributed by atoms with van der Waals surface area (Å²) in [6, 6.07) is 4.06. The lowest BCUT2D eigenvalue weighted by molar-refractivity contribution is -0.118. The summed E-state index contributed by atoms with van der Waals surface area (Å²) in [6.07, 6.45) is 0. The molecule has 1 aromatic carbocycles. The van der Waals surface area contributed by atoms with E-state index in [1.165, 1.54) is 25.1 Å². The second kappa shape index (κ2) is 6.55. The van der Waals surface area contributed by atoms with Gasteiger partial charge in [-0.3, -0.25) is 15.4 Å². The SMILES string of the molecule is CC(=O)NCCNC(=O)c1cccc(F)c1NN. The fourth-order valence-electron chi connectivity index (χ4n) is 1.37. The Hall–Kier alpha value is -2.15. The van der Waals surface area contributed by atoms with E-state index in [1.54, 1.807) is 0 Å². The summed E-state index contributed by atoms with van der Waals surface area (Å²) >= 11 is 0. The maximum Gasteiger partial charge on any atom is 0.253 e. The molecule has 0 aliphatic carbocycles. The molecule has 0 aliphatic rings. The van der Waals surface area contributed by atoms with E-state index < -0.39 is 11.7 Å². The zero-order chi connectivity index (χ0) is 13.5. The van der Waals surface area contributed by atoms with Crippen LogP contribution in [0.2, 0.25) is 0 Å². The first-order valence-corrected chi connectivity index (χ1v) is 5.34. The largest absolute Gasteiger partial charge is 0.355 e. The molecular weight excluding hydrogens is 239 g/mol. The van der Waals surface area contributed by atoms with Crippen LogP contribution in [-0.2, 0) is 4.79 Å². The normalized spacial score (nSPS) is 9.72. The third-order valence-electron chi connectivity index (χ3n) is 2.19. The summed E-state index contributed by atoms with van der Waals surface area (Å²) in [7, 11) is 0. The van der Waals surface area contributed by atoms with Crippen molar-refractivity contribution in [2.24, 2.45) is 5.84 Å². The second-order valence-electron chi connectivity index (χ2n) is 3.55. The molecule has 1 rings (SSSR count).